The number of anilines is 2. The van der Waals surface area contributed by atoms with Crippen LogP contribution in [0.15, 0.2) is 24.8 Å². The predicted molar refractivity (Wildman–Crippen MR) is 214 cm³/mol. The summed E-state index contributed by atoms with van der Waals surface area (Å²) >= 11 is 3.05. The summed E-state index contributed by atoms with van der Waals surface area (Å²) < 4.78 is 7.88. The van der Waals surface area contributed by atoms with Crippen LogP contribution in [0.1, 0.15) is 73.1 Å². The van der Waals surface area contributed by atoms with Gasteiger partial charge in [-0.2, -0.15) is 0 Å². The highest BCUT2D eigenvalue weighted by Crippen LogP contribution is 2.34. The van der Waals surface area contributed by atoms with Crippen LogP contribution in [0.25, 0.3) is 19.7 Å². The lowest BCUT2D eigenvalue weighted by atomic mass is 10.4. The number of likely N-dealkylation sites (tertiary alicyclic amines) is 2. The van der Waals surface area contributed by atoms with Gasteiger partial charge in [0.15, 0.2) is 21.6 Å². The Balaban J connectivity index is 0.000000384. The Morgan fingerprint density at radius 3 is 1.54 bits per heavy atom. The number of nitrogens with zero attached hydrogens (tertiary/aromatic N) is 6. The first-order valence-corrected chi connectivity index (χ1v) is 19.5. The topological polar surface area (TPSA) is 201 Å². The molecular weight excluding hydrogens is 737 g/mol. The number of thiazole rings is 2. The molecule has 0 atom stereocenters. The van der Waals surface area contributed by atoms with Gasteiger partial charge in [0.1, 0.15) is 6.29 Å². The predicted octanol–water partition coefficient (Wildman–Crippen LogP) is 4.74. The van der Waals surface area contributed by atoms with Crippen molar-refractivity contribution in [3.63, 3.8) is 0 Å². The van der Waals surface area contributed by atoms with Crippen molar-refractivity contribution in [3.05, 3.63) is 24.8 Å². The Kier molecular flexibility index (Phi) is 24.2. The number of methoxy groups -OCH3 is 1. The molecule has 17 nitrogen and oxygen atoms in total. The van der Waals surface area contributed by atoms with E-state index >= 15 is 0 Å². The minimum Gasteiger partial charge on any atom is -0.453 e. The van der Waals surface area contributed by atoms with E-state index in [9.17, 15) is 28.8 Å². The number of carbonyl (C=O) groups excluding carboxylic acids is 6. The minimum atomic E-state index is -0.586. The number of imidazole rings is 2. The molecular formula is C35H56N10O7S2. The fraction of sp³-hybridized carbons (Fsp3) is 0.543. The average Bonchev–Trinajstić information content (AvgIpc) is 3.99. The minimum absolute atomic E-state index is 0.00662. The van der Waals surface area contributed by atoms with E-state index in [1.54, 1.807) is 17.3 Å². The van der Waals surface area contributed by atoms with Gasteiger partial charge in [-0.25, -0.2) is 14.8 Å². The van der Waals surface area contributed by atoms with Crippen LogP contribution >= 0.6 is 22.7 Å². The standard InChI is InChI=1S/C12H8N6O2S2.C8H14N2O2.C5H11N.C4H7NO3.2C3H8/c19-5-13-9-3-17-1-7(21-11(17)15-9)8-2-18-4-10(14-6-20)16-12(18)22-8;1-7(11)9-6-8(12)10-4-2-3-5-10;1-6-4-2-3-5-6;1-8-4(7)5-2-3-6;2*1-3-2/h1-6H,(H,13,19)(H,14,20);2-6H2,1H3,(H,9,11);2-5H2,1H3;3H,2H2,1H3,(H,5,7);2*3H2,1-2H3. The zero-order valence-electron chi connectivity index (χ0n) is 32.4. The highest BCUT2D eigenvalue weighted by Gasteiger charge is 2.17. The highest BCUT2D eigenvalue weighted by atomic mass is 32.1. The van der Waals surface area contributed by atoms with Gasteiger partial charge >= 0.3 is 6.09 Å². The molecule has 0 saturated carbocycles. The fourth-order valence-electron chi connectivity index (χ4n) is 4.43. The van der Waals surface area contributed by atoms with Crippen molar-refractivity contribution in [1.82, 2.24) is 39.2 Å². The molecule has 2 fully saturated rings. The third-order valence-corrected chi connectivity index (χ3v) is 8.95. The first kappa shape index (κ1) is 47.1. The molecule has 300 valence electrons. The maximum absolute atomic E-state index is 11.3. The number of amides is 5. The number of aldehydes is 1. The summed E-state index contributed by atoms with van der Waals surface area (Å²) in [6.07, 6.45) is 16.1. The Morgan fingerprint density at radius 1 is 0.759 bits per heavy atom. The van der Waals surface area contributed by atoms with Gasteiger partial charge in [-0.05, 0) is 45.8 Å². The number of alkyl carbamates (subject to hydrolysis) is 1. The van der Waals surface area contributed by atoms with Crippen molar-refractivity contribution in [2.24, 2.45) is 0 Å². The van der Waals surface area contributed by atoms with Gasteiger partial charge in [0.25, 0.3) is 0 Å². The summed E-state index contributed by atoms with van der Waals surface area (Å²) in [5, 5.41) is 9.69. The van der Waals surface area contributed by atoms with Gasteiger partial charge < -0.3 is 40.6 Å². The lowest BCUT2D eigenvalue weighted by Crippen LogP contribution is -2.37. The molecule has 5 amide bonds. The summed E-state index contributed by atoms with van der Waals surface area (Å²) in [5.74, 6) is 0.932. The largest absolute Gasteiger partial charge is 0.453 e. The van der Waals surface area contributed by atoms with Crippen LogP contribution in [0.4, 0.5) is 16.4 Å². The summed E-state index contributed by atoms with van der Waals surface area (Å²) in [6.45, 7) is 14.4. The van der Waals surface area contributed by atoms with Crippen LogP contribution in [-0.4, -0.2) is 119 Å². The zero-order chi connectivity index (χ0) is 40.3. The summed E-state index contributed by atoms with van der Waals surface area (Å²) in [5.41, 5.74) is 0. The molecule has 2 aliphatic rings. The number of ether oxygens (including phenoxy) is 1. The van der Waals surface area contributed by atoms with Gasteiger partial charge in [0.2, 0.25) is 24.6 Å². The summed E-state index contributed by atoms with van der Waals surface area (Å²) in [7, 11) is 3.41. The normalized spacial score (nSPS) is 12.8. The Bertz CT molecular complexity index is 1540. The second-order valence-corrected chi connectivity index (χ2v) is 13.8. The molecule has 19 heteroatoms. The first-order valence-electron chi connectivity index (χ1n) is 17.8. The smallest absolute Gasteiger partial charge is 0.407 e. The van der Waals surface area contributed by atoms with Crippen LogP contribution in [0, 0.1) is 0 Å². The van der Waals surface area contributed by atoms with E-state index in [0.29, 0.717) is 30.7 Å². The first-order chi connectivity index (χ1) is 26.0. The van der Waals surface area contributed by atoms with Crippen molar-refractivity contribution in [1.29, 1.82) is 0 Å². The van der Waals surface area contributed by atoms with Crippen LogP contribution in [0.5, 0.6) is 0 Å². The van der Waals surface area contributed by atoms with Crippen LogP contribution < -0.4 is 21.3 Å². The van der Waals surface area contributed by atoms with E-state index in [1.165, 1.54) is 75.5 Å². The molecule has 0 unspecified atom stereocenters. The Labute approximate surface area is 324 Å². The van der Waals surface area contributed by atoms with Gasteiger partial charge in [-0.1, -0.05) is 63.2 Å². The molecule has 6 rings (SSSR count). The fourth-order valence-corrected chi connectivity index (χ4v) is 6.42. The highest BCUT2D eigenvalue weighted by molar-refractivity contribution is 7.26. The molecule has 0 spiro atoms. The molecule has 2 aliphatic heterocycles. The Morgan fingerprint density at radius 2 is 1.20 bits per heavy atom. The van der Waals surface area contributed by atoms with Gasteiger partial charge in [-0.15, -0.1) is 0 Å². The monoisotopic (exact) mass is 792 g/mol. The average molecular weight is 793 g/mol. The van der Waals surface area contributed by atoms with E-state index in [0.717, 1.165) is 45.6 Å². The Hall–Kier alpha value is -4.88. The van der Waals surface area contributed by atoms with Gasteiger partial charge in [0.05, 0.1) is 42.3 Å². The van der Waals surface area contributed by atoms with Crippen molar-refractivity contribution in [2.75, 3.05) is 64.1 Å². The zero-order valence-corrected chi connectivity index (χ0v) is 34.0. The van der Waals surface area contributed by atoms with E-state index < -0.39 is 6.09 Å². The van der Waals surface area contributed by atoms with Crippen molar-refractivity contribution >= 4 is 81.2 Å². The molecule has 0 radical (unpaired) electrons. The van der Waals surface area contributed by atoms with Crippen molar-refractivity contribution in [3.8, 4) is 9.75 Å². The van der Waals surface area contributed by atoms with Gasteiger partial charge in [0, 0.05) is 32.4 Å². The lowest BCUT2D eigenvalue weighted by Gasteiger charge is -2.14. The van der Waals surface area contributed by atoms with E-state index in [1.807, 2.05) is 21.2 Å². The number of hydrogen-bond donors (Lipinski definition) is 4. The number of nitrogens with one attached hydrogen (secondary N) is 4. The molecule has 4 N–H and O–H groups in total. The molecule has 4 aromatic rings. The maximum atomic E-state index is 11.3. The number of hydrogen-bond acceptors (Lipinski definition) is 12. The molecule has 2 saturated heterocycles. The van der Waals surface area contributed by atoms with E-state index in [4.69, 9.17) is 0 Å². The van der Waals surface area contributed by atoms with Gasteiger partial charge in [-0.3, -0.25) is 28.0 Å². The molecule has 0 aromatic carbocycles. The molecule has 54 heavy (non-hydrogen) atoms. The van der Waals surface area contributed by atoms with E-state index in [-0.39, 0.29) is 24.9 Å². The molecule has 0 aliphatic carbocycles. The molecule has 4 aromatic heterocycles. The third kappa shape index (κ3) is 18.2. The van der Waals surface area contributed by atoms with E-state index in [2.05, 4.69) is 75.6 Å². The van der Waals surface area contributed by atoms with Crippen LogP contribution in [0.3, 0.4) is 0 Å². The number of carbonyl (C=O) groups is 6. The summed E-state index contributed by atoms with van der Waals surface area (Å²) in [4.78, 5) is 78.7. The third-order valence-electron chi connectivity index (χ3n) is 6.76. The molecule has 6 heterocycles. The second-order valence-electron chi connectivity index (χ2n) is 11.8. The molecule has 0 bridgehead atoms. The SMILES string of the molecule is CC(=O)NCC(=O)N1CCCC1.CCC.CCC.CN1CCCC1.COC(=O)NCC=O.O=CNc1cn2cc(-c3cn4cc(NC=O)nc4s3)sc2n1. The number of fused-ring (bicyclic) bond motifs is 2. The van der Waals surface area contributed by atoms with Crippen molar-refractivity contribution in [2.45, 2.75) is 73.1 Å². The number of aromatic nitrogens is 4. The van der Waals surface area contributed by atoms with Crippen LogP contribution in [0.2, 0.25) is 0 Å². The van der Waals surface area contributed by atoms with Crippen LogP contribution in [-0.2, 0) is 28.7 Å². The summed E-state index contributed by atoms with van der Waals surface area (Å²) in [6, 6.07) is 0. The van der Waals surface area contributed by atoms with Crippen molar-refractivity contribution < 1.29 is 33.5 Å². The number of rotatable bonds is 9. The second kappa shape index (κ2) is 27.7. The quantitative estimate of drug-likeness (QED) is 0.172. The maximum Gasteiger partial charge on any atom is 0.407 e. The lowest BCUT2D eigenvalue weighted by molar-refractivity contribution is -0.131.